The van der Waals surface area contributed by atoms with Crippen LogP contribution in [0.25, 0.3) is 0 Å². The van der Waals surface area contributed by atoms with Gasteiger partial charge in [-0.05, 0) is 20.8 Å². The Balaban J connectivity index is 2.58. The number of anilines is 2. The van der Waals surface area contributed by atoms with Gasteiger partial charge in [0.1, 0.15) is 10.8 Å². The molecule has 0 aliphatic rings. The molecule has 0 spiro atoms. The first kappa shape index (κ1) is 14.6. The van der Waals surface area contributed by atoms with Crippen LogP contribution in [-0.4, -0.2) is 34.2 Å². The summed E-state index contributed by atoms with van der Waals surface area (Å²) in [6.07, 6.45) is 0. The lowest BCUT2D eigenvalue weighted by Gasteiger charge is -2.08. The van der Waals surface area contributed by atoms with E-state index in [2.05, 4.69) is 20.6 Å². The Kier molecular flexibility index (Phi) is 5.70. The summed E-state index contributed by atoms with van der Waals surface area (Å²) in [5.41, 5.74) is 5.60. The van der Waals surface area contributed by atoms with Gasteiger partial charge >= 0.3 is 0 Å². The van der Waals surface area contributed by atoms with E-state index < -0.39 is 0 Å². The van der Waals surface area contributed by atoms with Crippen LogP contribution in [0, 0.1) is 0 Å². The van der Waals surface area contributed by atoms with Crippen LogP contribution in [0.15, 0.2) is 11.1 Å². The predicted molar refractivity (Wildman–Crippen MR) is 74.6 cm³/mol. The van der Waals surface area contributed by atoms with Crippen molar-refractivity contribution in [3.63, 3.8) is 0 Å². The fourth-order valence-electron chi connectivity index (χ4n) is 1.29. The van der Waals surface area contributed by atoms with Crippen LogP contribution in [0.2, 0.25) is 0 Å². The zero-order valence-corrected chi connectivity index (χ0v) is 11.7. The molecule has 0 radical (unpaired) electrons. The maximum absolute atomic E-state index is 11.5. The fourth-order valence-corrected chi connectivity index (χ4v) is 2.01. The number of aromatic nitrogens is 2. The molecular weight excluding hydrogens is 250 g/mol. The summed E-state index contributed by atoms with van der Waals surface area (Å²) in [7, 11) is 0. The van der Waals surface area contributed by atoms with Gasteiger partial charge in [-0.15, -0.1) is 0 Å². The van der Waals surface area contributed by atoms with Crippen LogP contribution in [0.3, 0.4) is 0 Å². The van der Waals surface area contributed by atoms with E-state index in [1.807, 2.05) is 20.8 Å². The topological polar surface area (TPSA) is 92.9 Å². The highest BCUT2D eigenvalue weighted by Gasteiger charge is 2.07. The van der Waals surface area contributed by atoms with Gasteiger partial charge in [0.2, 0.25) is 11.9 Å². The van der Waals surface area contributed by atoms with Crippen LogP contribution in [0.1, 0.15) is 20.8 Å². The minimum atomic E-state index is -0.0165. The molecule has 1 rings (SSSR count). The molecule has 6 nitrogen and oxygen atoms in total. The lowest BCUT2D eigenvalue weighted by Crippen LogP contribution is -2.31. The highest BCUT2D eigenvalue weighted by Crippen LogP contribution is 2.19. The predicted octanol–water partition coefficient (Wildman–Crippen LogP) is 1.11. The molecule has 1 aromatic rings. The van der Waals surface area contributed by atoms with E-state index in [9.17, 15) is 4.79 Å². The molecule has 100 valence electrons. The maximum atomic E-state index is 11.5. The normalized spacial score (nSPS) is 10.4. The van der Waals surface area contributed by atoms with Gasteiger partial charge in [0, 0.05) is 18.7 Å². The Morgan fingerprint density at radius 3 is 2.83 bits per heavy atom. The summed E-state index contributed by atoms with van der Waals surface area (Å²) >= 11 is 1.34. The molecular formula is C11H19N5OS. The number of amides is 1. The number of nitrogens with one attached hydrogen (secondary N) is 2. The molecule has 0 atom stereocenters. The van der Waals surface area contributed by atoms with Crippen LogP contribution in [0.5, 0.6) is 0 Å². The van der Waals surface area contributed by atoms with Crippen molar-refractivity contribution in [1.82, 2.24) is 15.3 Å². The smallest absolute Gasteiger partial charge is 0.230 e. The maximum Gasteiger partial charge on any atom is 0.230 e. The Hall–Kier alpha value is -1.50. The molecule has 0 unspecified atom stereocenters. The molecule has 7 heteroatoms. The van der Waals surface area contributed by atoms with Gasteiger partial charge in [-0.2, -0.15) is 4.98 Å². The van der Waals surface area contributed by atoms with E-state index in [-0.39, 0.29) is 17.9 Å². The number of thioether (sulfide) groups is 1. The first-order valence-electron chi connectivity index (χ1n) is 5.81. The molecule has 4 N–H and O–H groups in total. The first-order valence-corrected chi connectivity index (χ1v) is 6.80. The van der Waals surface area contributed by atoms with Crippen molar-refractivity contribution in [1.29, 1.82) is 0 Å². The summed E-state index contributed by atoms with van der Waals surface area (Å²) in [6, 6.07) is 1.93. The molecule has 0 aromatic carbocycles. The third-order valence-corrected chi connectivity index (χ3v) is 2.79. The second-order valence-corrected chi connectivity index (χ2v) is 4.99. The van der Waals surface area contributed by atoms with Gasteiger partial charge in [0.05, 0.1) is 5.75 Å². The van der Waals surface area contributed by atoms with Gasteiger partial charge in [0.25, 0.3) is 0 Å². The van der Waals surface area contributed by atoms with E-state index in [0.717, 1.165) is 6.54 Å². The standard InChI is InChI=1S/C11H19N5OS/c1-4-13-8-5-10(16-11(12)15-8)18-6-9(17)14-7(2)3/h5,7H,4,6H2,1-3H3,(H,14,17)(H3,12,13,15,16). The quantitative estimate of drug-likeness (QED) is 0.529. The Morgan fingerprint density at radius 2 is 2.22 bits per heavy atom. The summed E-state index contributed by atoms with van der Waals surface area (Å²) in [5.74, 6) is 1.19. The molecule has 1 amide bonds. The van der Waals surface area contributed by atoms with Gasteiger partial charge < -0.3 is 16.4 Å². The molecule has 0 fully saturated rings. The van der Waals surface area contributed by atoms with Crippen LogP contribution < -0.4 is 16.4 Å². The molecule has 0 aliphatic heterocycles. The number of carbonyl (C=O) groups excluding carboxylic acids is 1. The van der Waals surface area contributed by atoms with E-state index >= 15 is 0 Å². The van der Waals surface area contributed by atoms with Crippen LogP contribution >= 0.6 is 11.8 Å². The van der Waals surface area contributed by atoms with Crippen molar-refractivity contribution < 1.29 is 4.79 Å². The largest absolute Gasteiger partial charge is 0.370 e. The summed E-state index contributed by atoms with van der Waals surface area (Å²) in [6.45, 7) is 6.58. The van der Waals surface area contributed by atoms with Crippen molar-refractivity contribution >= 4 is 29.4 Å². The van der Waals surface area contributed by atoms with Crippen LogP contribution in [-0.2, 0) is 4.79 Å². The number of nitrogen functional groups attached to an aromatic ring is 1. The Morgan fingerprint density at radius 1 is 1.50 bits per heavy atom. The molecule has 0 bridgehead atoms. The van der Waals surface area contributed by atoms with Crippen LogP contribution in [0.4, 0.5) is 11.8 Å². The number of hydrogen-bond acceptors (Lipinski definition) is 6. The van der Waals surface area contributed by atoms with Gasteiger partial charge in [-0.1, -0.05) is 11.8 Å². The monoisotopic (exact) mass is 269 g/mol. The third kappa shape index (κ3) is 5.22. The molecule has 18 heavy (non-hydrogen) atoms. The lowest BCUT2D eigenvalue weighted by molar-refractivity contribution is -0.119. The summed E-state index contributed by atoms with van der Waals surface area (Å²) in [4.78, 5) is 19.6. The van der Waals surface area contributed by atoms with E-state index in [1.54, 1.807) is 6.07 Å². The number of hydrogen-bond donors (Lipinski definition) is 3. The number of nitrogens with two attached hydrogens (primary N) is 1. The van der Waals surface area contributed by atoms with E-state index in [0.29, 0.717) is 16.6 Å². The third-order valence-electron chi connectivity index (χ3n) is 1.88. The second kappa shape index (κ2) is 7.05. The van der Waals surface area contributed by atoms with Crippen molar-refractivity contribution in [2.45, 2.75) is 31.8 Å². The molecule has 0 saturated heterocycles. The Labute approximate surface area is 111 Å². The number of carbonyl (C=O) groups is 1. The number of rotatable bonds is 6. The van der Waals surface area contributed by atoms with Crippen molar-refractivity contribution in [2.75, 3.05) is 23.3 Å². The highest BCUT2D eigenvalue weighted by atomic mass is 32.2. The lowest BCUT2D eigenvalue weighted by atomic mass is 10.4. The molecule has 0 saturated carbocycles. The Bertz CT molecular complexity index is 410. The zero-order chi connectivity index (χ0) is 13.5. The first-order chi connectivity index (χ1) is 8.51. The van der Waals surface area contributed by atoms with Crippen molar-refractivity contribution in [3.05, 3.63) is 6.07 Å². The summed E-state index contributed by atoms with van der Waals surface area (Å²) in [5, 5.41) is 6.57. The molecule has 1 heterocycles. The minimum absolute atomic E-state index is 0.0165. The van der Waals surface area contributed by atoms with Crippen molar-refractivity contribution in [3.8, 4) is 0 Å². The average Bonchev–Trinajstić information content (AvgIpc) is 2.25. The zero-order valence-electron chi connectivity index (χ0n) is 10.9. The number of nitrogens with zero attached hydrogens (tertiary/aromatic N) is 2. The SMILES string of the molecule is CCNc1cc(SCC(=O)NC(C)C)nc(N)n1. The van der Waals surface area contributed by atoms with E-state index in [4.69, 9.17) is 5.73 Å². The average molecular weight is 269 g/mol. The molecule has 1 aromatic heterocycles. The summed E-state index contributed by atoms with van der Waals surface area (Å²) < 4.78 is 0. The second-order valence-electron chi connectivity index (χ2n) is 3.99. The fraction of sp³-hybridized carbons (Fsp3) is 0.545. The highest BCUT2D eigenvalue weighted by molar-refractivity contribution is 7.99. The van der Waals surface area contributed by atoms with Gasteiger partial charge in [-0.3, -0.25) is 4.79 Å². The van der Waals surface area contributed by atoms with E-state index in [1.165, 1.54) is 11.8 Å². The van der Waals surface area contributed by atoms with Gasteiger partial charge in [-0.25, -0.2) is 4.98 Å². The van der Waals surface area contributed by atoms with Crippen molar-refractivity contribution in [2.24, 2.45) is 0 Å². The minimum Gasteiger partial charge on any atom is -0.370 e. The van der Waals surface area contributed by atoms with Gasteiger partial charge in [0.15, 0.2) is 0 Å². The molecule has 0 aliphatic carbocycles.